The van der Waals surface area contributed by atoms with Gasteiger partial charge in [-0.2, -0.15) is 0 Å². The maximum atomic E-state index is 2.49. The predicted octanol–water partition coefficient (Wildman–Crippen LogP) is 16.4. The zero-order valence-electron chi connectivity index (χ0n) is 33.9. The number of nitrogens with zero attached hydrogens (tertiary/aromatic N) is 2. The van der Waals surface area contributed by atoms with Crippen molar-refractivity contribution in [2.75, 3.05) is 4.90 Å². The Balaban J connectivity index is 1.15. The minimum Gasteiger partial charge on any atom is -0.310 e. The molecule has 0 amide bonds. The fourth-order valence-electron chi connectivity index (χ4n) is 9.06. The van der Waals surface area contributed by atoms with Gasteiger partial charge in [0.1, 0.15) is 0 Å². The highest BCUT2D eigenvalue weighted by atomic mass is 15.1. The highest BCUT2D eigenvalue weighted by Gasteiger charge is 2.23. The van der Waals surface area contributed by atoms with E-state index in [-0.39, 0.29) is 0 Å². The molecular weight excluding hydrogens is 737 g/mol. The fourth-order valence-corrected chi connectivity index (χ4v) is 9.06. The molecule has 11 aromatic rings. The second-order valence-electron chi connectivity index (χ2n) is 15.8. The zero-order valence-corrected chi connectivity index (χ0v) is 33.9. The summed E-state index contributed by atoms with van der Waals surface area (Å²) in [6.45, 7) is 2.17. The summed E-state index contributed by atoms with van der Waals surface area (Å²) in [6.07, 6.45) is 0. The van der Waals surface area contributed by atoms with Gasteiger partial charge in [0.25, 0.3) is 0 Å². The lowest BCUT2D eigenvalue weighted by molar-refractivity contribution is 1.18. The van der Waals surface area contributed by atoms with E-state index < -0.39 is 0 Å². The van der Waals surface area contributed by atoms with Gasteiger partial charge in [-0.1, -0.05) is 188 Å². The number of hydrogen-bond acceptors (Lipinski definition) is 1. The van der Waals surface area contributed by atoms with Gasteiger partial charge in [-0.25, -0.2) is 0 Å². The number of aryl methyl sites for hydroxylation is 1. The molecule has 2 nitrogen and oxygen atoms in total. The molecule has 10 aromatic carbocycles. The molecule has 2 heteroatoms. The van der Waals surface area contributed by atoms with Crippen LogP contribution >= 0.6 is 0 Å². The first-order valence-corrected chi connectivity index (χ1v) is 21.0. The Morgan fingerprint density at radius 3 is 1.56 bits per heavy atom. The summed E-state index contributed by atoms with van der Waals surface area (Å²) >= 11 is 0. The Kier molecular flexibility index (Phi) is 9.09. The van der Waals surface area contributed by atoms with Gasteiger partial charge >= 0.3 is 0 Å². The number of fused-ring (bicyclic) bond motifs is 4. The highest BCUT2D eigenvalue weighted by molar-refractivity contribution is 6.17. The van der Waals surface area contributed by atoms with Crippen molar-refractivity contribution in [2.45, 2.75) is 6.92 Å². The Morgan fingerprint density at radius 1 is 0.344 bits per heavy atom. The van der Waals surface area contributed by atoms with E-state index in [0.29, 0.717) is 0 Å². The standard InChI is InChI=1S/C59H42N2/c1-41-14-12-21-50(38-41)53-37-32-49(48-27-26-44-19-8-9-20-47(44)39-48)40-58(53)61-55-23-11-10-22-54(55)59-56(24-13-25-57(59)61)60(51-33-28-45(29-34-51)42-15-4-2-5-16-42)52-35-30-46(31-36-52)43-17-6-3-7-18-43/h2-40H,1H3. The minimum absolute atomic E-state index is 1.09. The molecule has 0 aliphatic rings. The molecule has 1 aromatic heterocycles. The van der Waals surface area contributed by atoms with E-state index in [1.165, 1.54) is 71.6 Å². The summed E-state index contributed by atoms with van der Waals surface area (Å²) in [7, 11) is 0. The largest absolute Gasteiger partial charge is 0.310 e. The summed E-state index contributed by atoms with van der Waals surface area (Å²) in [4.78, 5) is 2.43. The van der Waals surface area contributed by atoms with Crippen LogP contribution in [0.25, 0.3) is 82.8 Å². The van der Waals surface area contributed by atoms with Gasteiger partial charge in [-0.3, -0.25) is 0 Å². The molecule has 0 spiro atoms. The SMILES string of the molecule is Cc1cccc(-c2ccc(-c3ccc4ccccc4c3)cc2-n2c3ccccc3c3c(N(c4ccc(-c5ccccc5)cc4)c4ccc(-c5ccccc5)cc4)cccc32)c1. The van der Waals surface area contributed by atoms with E-state index in [1.807, 2.05) is 0 Å². The van der Waals surface area contributed by atoms with Crippen LogP contribution < -0.4 is 4.90 Å². The lowest BCUT2D eigenvalue weighted by atomic mass is 9.96. The van der Waals surface area contributed by atoms with Crippen LogP contribution in [-0.4, -0.2) is 4.57 Å². The smallest absolute Gasteiger partial charge is 0.0562 e. The lowest BCUT2D eigenvalue weighted by Crippen LogP contribution is -2.10. The molecule has 0 aliphatic heterocycles. The molecule has 0 saturated carbocycles. The molecule has 0 unspecified atom stereocenters. The van der Waals surface area contributed by atoms with E-state index >= 15 is 0 Å². The first kappa shape index (κ1) is 36.2. The van der Waals surface area contributed by atoms with Crippen molar-refractivity contribution in [1.82, 2.24) is 4.57 Å². The number of aromatic nitrogens is 1. The zero-order chi connectivity index (χ0) is 40.7. The average Bonchev–Trinajstić information content (AvgIpc) is 3.67. The lowest BCUT2D eigenvalue weighted by Gasteiger charge is -2.27. The minimum atomic E-state index is 1.09. The Morgan fingerprint density at radius 2 is 0.869 bits per heavy atom. The van der Waals surface area contributed by atoms with Crippen molar-refractivity contribution in [1.29, 1.82) is 0 Å². The van der Waals surface area contributed by atoms with Crippen molar-refractivity contribution >= 4 is 49.6 Å². The van der Waals surface area contributed by atoms with Crippen LogP contribution in [0.5, 0.6) is 0 Å². The molecule has 0 saturated heterocycles. The van der Waals surface area contributed by atoms with Crippen molar-refractivity contribution < 1.29 is 0 Å². The van der Waals surface area contributed by atoms with Gasteiger partial charge in [0.05, 0.1) is 22.4 Å². The van der Waals surface area contributed by atoms with E-state index in [4.69, 9.17) is 0 Å². The maximum Gasteiger partial charge on any atom is 0.0562 e. The first-order valence-electron chi connectivity index (χ1n) is 21.0. The van der Waals surface area contributed by atoms with Crippen molar-refractivity contribution in [3.63, 3.8) is 0 Å². The quantitative estimate of drug-likeness (QED) is 0.149. The number of para-hydroxylation sites is 1. The summed E-state index contributed by atoms with van der Waals surface area (Å²) in [5.41, 5.74) is 17.5. The summed E-state index contributed by atoms with van der Waals surface area (Å²) in [6, 6.07) is 86.2. The van der Waals surface area contributed by atoms with Gasteiger partial charge in [0.2, 0.25) is 0 Å². The van der Waals surface area contributed by atoms with Gasteiger partial charge < -0.3 is 9.47 Å². The van der Waals surface area contributed by atoms with E-state index in [9.17, 15) is 0 Å². The molecule has 0 aliphatic carbocycles. The third kappa shape index (κ3) is 6.65. The molecule has 0 fully saturated rings. The van der Waals surface area contributed by atoms with Crippen LogP contribution in [0.15, 0.2) is 237 Å². The molecule has 0 bridgehead atoms. The normalized spacial score (nSPS) is 11.4. The number of benzene rings is 10. The molecular formula is C59H42N2. The van der Waals surface area contributed by atoms with Crippen LogP contribution in [0.4, 0.5) is 17.1 Å². The van der Waals surface area contributed by atoms with Crippen molar-refractivity contribution in [3.8, 4) is 50.2 Å². The van der Waals surface area contributed by atoms with Crippen LogP contribution in [-0.2, 0) is 0 Å². The summed E-state index contributed by atoms with van der Waals surface area (Å²) in [5.74, 6) is 0. The molecule has 0 atom stereocenters. The Labute approximate surface area is 356 Å². The second kappa shape index (κ2) is 15.3. The van der Waals surface area contributed by atoms with Crippen molar-refractivity contribution in [2.24, 2.45) is 0 Å². The van der Waals surface area contributed by atoms with E-state index in [1.54, 1.807) is 0 Å². The molecule has 61 heavy (non-hydrogen) atoms. The molecule has 11 rings (SSSR count). The summed E-state index contributed by atoms with van der Waals surface area (Å²) < 4.78 is 2.49. The monoisotopic (exact) mass is 778 g/mol. The average molecular weight is 779 g/mol. The number of rotatable bonds is 8. The molecule has 288 valence electrons. The third-order valence-electron chi connectivity index (χ3n) is 12.0. The number of anilines is 3. The number of hydrogen-bond donors (Lipinski definition) is 0. The Bertz CT molecular complexity index is 3260. The van der Waals surface area contributed by atoms with Gasteiger partial charge in [-0.05, 0) is 111 Å². The Hall–Kier alpha value is -7.94. The van der Waals surface area contributed by atoms with Crippen LogP contribution in [0.1, 0.15) is 5.56 Å². The predicted molar refractivity (Wildman–Crippen MR) is 259 cm³/mol. The third-order valence-corrected chi connectivity index (χ3v) is 12.0. The maximum absolute atomic E-state index is 2.49. The topological polar surface area (TPSA) is 8.17 Å². The first-order chi connectivity index (χ1) is 30.2. The van der Waals surface area contributed by atoms with Crippen LogP contribution in [0.3, 0.4) is 0 Å². The summed E-state index contributed by atoms with van der Waals surface area (Å²) in [5, 5.41) is 4.88. The van der Waals surface area contributed by atoms with E-state index in [0.717, 1.165) is 33.8 Å². The van der Waals surface area contributed by atoms with E-state index in [2.05, 4.69) is 253 Å². The molecule has 1 heterocycles. The van der Waals surface area contributed by atoms with Crippen molar-refractivity contribution in [3.05, 3.63) is 242 Å². The van der Waals surface area contributed by atoms with Gasteiger partial charge in [0.15, 0.2) is 0 Å². The van der Waals surface area contributed by atoms with Gasteiger partial charge in [0, 0.05) is 27.7 Å². The van der Waals surface area contributed by atoms with Gasteiger partial charge in [-0.15, -0.1) is 0 Å². The molecule has 0 N–H and O–H groups in total. The van der Waals surface area contributed by atoms with Crippen LogP contribution in [0.2, 0.25) is 0 Å². The second-order valence-corrected chi connectivity index (χ2v) is 15.8. The fraction of sp³-hybridized carbons (Fsp3) is 0.0169. The molecule has 0 radical (unpaired) electrons. The van der Waals surface area contributed by atoms with Crippen LogP contribution in [0, 0.1) is 6.92 Å². The highest BCUT2D eigenvalue weighted by Crippen LogP contribution is 2.46.